The Labute approximate surface area is 508 Å². The number of hydrogen-bond acceptors (Lipinski definition) is 20. The number of alkyl carbamates (subject to hydrolysis) is 3. The lowest BCUT2D eigenvalue weighted by molar-refractivity contribution is -0.165. The van der Waals surface area contributed by atoms with Crippen molar-refractivity contribution in [2.45, 2.75) is 128 Å². The average molecular weight is 1250 g/mol. The van der Waals surface area contributed by atoms with E-state index in [2.05, 4.69) is 26.0 Å². The molecular weight excluding hydrogens is 1180 g/mol. The van der Waals surface area contributed by atoms with Gasteiger partial charge in [-0.1, -0.05) is 104 Å². The van der Waals surface area contributed by atoms with E-state index in [1.54, 1.807) is 66.7 Å². The molecule has 0 radical (unpaired) electrons. The van der Waals surface area contributed by atoms with Crippen LogP contribution in [0.5, 0.6) is 0 Å². The quantitative estimate of drug-likeness (QED) is 0.0177. The standard InChI is InChI=1S/C13H13N3O3.C13H16N2O5.C13H15NO6.C13H13NO5.C5H9NO4.CH4/c14-9-3-1-2-7-8(9)6-16(13(7)19)10-4-5-11(17)15-12(10)18;14-11(16)7-6-10(12(17)18)15-13(19)20-8-9-4-2-1-3-5-9;15-11(16)7-6-10(12(17)18)14-13(19)20-8-9-4-2-1-3-5-9;15-11-7-6-10(12(16)19-11)14-13(17)18-8-9-4-2-1-3-5-9;6-3(5(9)10)1-2-4(7)8;/h1-3,10H,4-6,14H2,(H,15,17,18);1-5,10H,6-8H2,(H2,14,16)(H,15,19)(H,17,18);1-5,10H,6-8H2,(H,14,19)(H,15,16)(H,17,18);1-5,10H,6-8H2,(H,14,17);3H,1-2,6H2,(H,7,8)(H,9,10);1H4. The van der Waals surface area contributed by atoms with Crippen molar-refractivity contribution >= 4 is 89.4 Å². The van der Waals surface area contributed by atoms with E-state index in [9.17, 15) is 67.1 Å². The highest BCUT2D eigenvalue weighted by molar-refractivity contribution is 6.06. The Morgan fingerprint density at radius 2 is 1.06 bits per heavy atom. The number of nitrogens with one attached hydrogen (secondary N) is 4. The zero-order chi connectivity index (χ0) is 65.3. The highest BCUT2D eigenvalue weighted by atomic mass is 16.6. The van der Waals surface area contributed by atoms with E-state index in [-0.39, 0.29) is 96.8 Å². The van der Waals surface area contributed by atoms with E-state index in [1.165, 1.54) is 4.90 Å². The summed E-state index contributed by atoms with van der Waals surface area (Å²) in [7, 11) is 0. The van der Waals surface area contributed by atoms with Gasteiger partial charge in [0.2, 0.25) is 17.7 Å². The number of nitrogens with zero attached hydrogens (tertiary/aromatic N) is 1. The van der Waals surface area contributed by atoms with Crippen LogP contribution < -0.4 is 38.5 Å². The molecule has 7 rings (SSSR count). The van der Waals surface area contributed by atoms with E-state index in [4.69, 9.17) is 56.9 Å². The Bertz CT molecular complexity index is 3010. The number of carbonyl (C=O) groups is 14. The molecule has 0 aromatic heterocycles. The number of nitrogen functional groups attached to an aromatic ring is 1. The second-order valence-electron chi connectivity index (χ2n) is 18.9. The molecule has 4 aromatic carbocycles. The molecule has 5 atom stereocenters. The summed E-state index contributed by atoms with van der Waals surface area (Å²) in [4.78, 5) is 156. The fraction of sp³-hybridized carbons (Fsp3) is 0.345. The maximum atomic E-state index is 12.3. The van der Waals surface area contributed by atoms with Gasteiger partial charge >= 0.3 is 60.1 Å². The number of esters is 2. The third-order valence-corrected chi connectivity index (χ3v) is 12.2. The summed E-state index contributed by atoms with van der Waals surface area (Å²) < 4.78 is 19.1. The first-order valence-electron chi connectivity index (χ1n) is 26.6. The second kappa shape index (κ2) is 38.9. The van der Waals surface area contributed by atoms with Gasteiger partial charge in [-0.3, -0.25) is 43.7 Å². The van der Waals surface area contributed by atoms with E-state index < -0.39 is 102 Å². The van der Waals surface area contributed by atoms with E-state index in [1.807, 2.05) is 42.5 Å². The fourth-order valence-electron chi connectivity index (χ4n) is 7.55. The molecule has 0 bridgehead atoms. The van der Waals surface area contributed by atoms with Gasteiger partial charge in [0, 0.05) is 55.5 Å². The predicted molar refractivity (Wildman–Crippen MR) is 308 cm³/mol. The number of hydrogen-bond donors (Lipinski definition) is 12. The van der Waals surface area contributed by atoms with Crippen LogP contribution in [0.15, 0.2) is 109 Å². The van der Waals surface area contributed by atoms with Crippen LogP contribution >= 0.6 is 0 Å². The summed E-state index contributed by atoms with van der Waals surface area (Å²) >= 11 is 0. The van der Waals surface area contributed by atoms with Crippen LogP contribution in [0.25, 0.3) is 0 Å². The van der Waals surface area contributed by atoms with Crippen molar-refractivity contribution in [3.8, 4) is 0 Å². The van der Waals surface area contributed by atoms with Crippen molar-refractivity contribution in [2.75, 3.05) is 5.73 Å². The molecule has 0 spiro atoms. The Morgan fingerprint density at radius 3 is 1.47 bits per heavy atom. The minimum absolute atomic E-state index is 0. The highest BCUT2D eigenvalue weighted by Crippen LogP contribution is 2.30. The molecule has 4 aromatic rings. The van der Waals surface area contributed by atoms with Gasteiger partial charge in [0.1, 0.15) is 50.0 Å². The third-order valence-electron chi connectivity index (χ3n) is 12.2. The van der Waals surface area contributed by atoms with Crippen molar-refractivity contribution in [3.63, 3.8) is 0 Å². The van der Waals surface area contributed by atoms with Crippen LogP contribution in [0.1, 0.15) is 104 Å². The number of fused-ring (bicyclic) bond motifs is 1. The van der Waals surface area contributed by atoms with Crippen LogP contribution in [-0.2, 0) is 93.3 Å². The number of carboxylic acid groups (broad SMARTS) is 5. The Hall–Kier alpha value is -11.0. The number of primary amides is 1. The SMILES string of the molecule is C.NC(=O)CCC(NC(=O)OCc1ccccc1)C(=O)O.NC(CCC(=O)O)C(=O)O.Nc1cccc2c1CN(C1CCC(=O)NC1=O)C2=O.O=C(O)CCC(NC(=O)OCc1ccccc1)C(=O)O.O=C1CCC(NC(=O)OCc2ccccc2)C(=O)O1. The van der Waals surface area contributed by atoms with E-state index in [0.717, 1.165) is 22.3 Å². The smallest absolute Gasteiger partial charge is 0.408 e. The summed E-state index contributed by atoms with van der Waals surface area (Å²) in [6.07, 6.45) is -2.48. The molecule has 15 N–H and O–H groups in total. The molecule has 3 aliphatic heterocycles. The van der Waals surface area contributed by atoms with Gasteiger partial charge in [0.15, 0.2) is 0 Å². The Balaban J connectivity index is 0.000000384. The predicted octanol–water partition coefficient (Wildman–Crippen LogP) is 2.94. The van der Waals surface area contributed by atoms with Crippen LogP contribution in [0.4, 0.5) is 20.1 Å². The number of amides is 7. The number of piperidine rings is 1. The molecule has 31 heteroatoms. The molecule has 3 heterocycles. The van der Waals surface area contributed by atoms with Gasteiger partial charge in [-0.15, -0.1) is 0 Å². The van der Waals surface area contributed by atoms with Crippen molar-refractivity contribution in [1.82, 2.24) is 26.2 Å². The third kappa shape index (κ3) is 28.6. The van der Waals surface area contributed by atoms with Gasteiger partial charge < -0.3 is 82.5 Å². The van der Waals surface area contributed by atoms with Crippen LogP contribution in [0.3, 0.4) is 0 Å². The zero-order valence-electron chi connectivity index (χ0n) is 46.9. The fourth-order valence-corrected chi connectivity index (χ4v) is 7.55. The van der Waals surface area contributed by atoms with Gasteiger partial charge in [0.25, 0.3) is 5.91 Å². The molecule has 3 aliphatic rings. The summed E-state index contributed by atoms with van der Waals surface area (Å²) in [6.45, 7) is 0.493. The van der Waals surface area contributed by atoms with E-state index >= 15 is 0 Å². The van der Waals surface area contributed by atoms with Gasteiger partial charge in [-0.2, -0.15) is 0 Å². The van der Waals surface area contributed by atoms with Crippen molar-refractivity contribution < 1.29 is 112 Å². The summed E-state index contributed by atoms with van der Waals surface area (Å²) in [5.41, 5.74) is 20.0. The van der Waals surface area contributed by atoms with Gasteiger partial charge in [-0.05, 0) is 60.9 Å². The minimum atomic E-state index is -1.30. The lowest BCUT2D eigenvalue weighted by Gasteiger charge is -2.29. The van der Waals surface area contributed by atoms with Crippen molar-refractivity contribution in [3.05, 3.63) is 137 Å². The number of anilines is 1. The molecule has 31 nitrogen and oxygen atoms in total. The molecule has 0 aliphatic carbocycles. The first-order valence-corrected chi connectivity index (χ1v) is 26.6. The van der Waals surface area contributed by atoms with Gasteiger partial charge in [-0.25, -0.2) is 28.8 Å². The molecule has 89 heavy (non-hydrogen) atoms. The zero-order valence-corrected chi connectivity index (χ0v) is 46.9. The van der Waals surface area contributed by atoms with Crippen LogP contribution in [0, 0.1) is 0 Å². The molecule has 5 unspecified atom stereocenters. The molecule has 480 valence electrons. The molecule has 0 saturated carbocycles. The van der Waals surface area contributed by atoms with Crippen LogP contribution in [0.2, 0.25) is 0 Å². The van der Waals surface area contributed by atoms with Gasteiger partial charge in [0.05, 0.1) is 0 Å². The largest absolute Gasteiger partial charge is 0.481 e. The van der Waals surface area contributed by atoms with Crippen LogP contribution in [-0.4, -0.2) is 144 Å². The monoisotopic (exact) mass is 1250 g/mol. The first kappa shape index (κ1) is 74.1. The number of imide groups is 1. The minimum Gasteiger partial charge on any atom is -0.481 e. The lowest BCUT2D eigenvalue weighted by Crippen LogP contribution is -2.52. The van der Waals surface area contributed by atoms with Crippen molar-refractivity contribution in [1.29, 1.82) is 0 Å². The maximum Gasteiger partial charge on any atom is 0.408 e. The number of aliphatic carboxylic acids is 5. The molecule has 7 amide bonds. The summed E-state index contributed by atoms with van der Waals surface area (Å²) in [5, 5.41) is 51.4. The highest BCUT2D eigenvalue weighted by Gasteiger charge is 2.40. The molecular formula is C58H70N8O23. The number of nitrogens with two attached hydrogens (primary N) is 3. The normalized spacial score (nSPS) is 15.3. The number of carbonyl (C=O) groups excluding carboxylic acids is 9. The maximum absolute atomic E-state index is 12.3. The summed E-state index contributed by atoms with van der Waals surface area (Å²) in [5.74, 6) is -8.71. The molecule has 2 saturated heterocycles. The number of benzene rings is 4. The van der Waals surface area contributed by atoms with E-state index in [0.29, 0.717) is 24.2 Å². The first-order chi connectivity index (χ1) is 41.7. The topological polar surface area (TPSA) is 506 Å². The van der Waals surface area contributed by atoms with Crippen molar-refractivity contribution in [2.24, 2.45) is 11.5 Å². The molecule has 2 fully saturated rings. The summed E-state index contributed by atoms with van der Waals surface area (Å²) in [6, 6.07) is 27.2. The number of carboxylic acids is 5. The lowest BCUT2D eigenvalue weighted by atomic mass is 10.0. The Kier molecular flexibility index (Phi) is 32.4. The Morgan fingerprint density at radius 1 is 0.596 bits per heavy atom. The average Bonchev–Trinajstić information content (AvgIpc) is 1.77. The number of rotatable bonds is 22. The number of ether oxygens (including phenoxy) is 4. The number of cyclic esters (lactones) is 2. The second-order valence-corrected chi connectivity index (χ2v) is 18.9.